The Morgan fingerprint density at radius 1 is 0.952 bits per heavy atom. The molecule has 3 nitrogen and oxygen atoms in total. The van der Waals surface area contributed by atoms with E-state index in [9.17, 15) is 4.79 Å². The number of hydrogen-bond donors (Lipinski definition) is 0. The first-order valence-electron chi connectivity index (χ1n) is 7.23. The van der Waals surface area contributed by atoms with Crippen LogP contribution in [0.4, 0.5) is 0 Å². The third-order valence-electron chi connectivity index (χ3n) is 3.16. The summed E-state index contributed by atoms with van der Waals surface area (Å²) < 4.78 is 10.7. The first-order chi connectivity index (χ1) is 10.2. The molecule has 0 bridgehead atoms. The van der Waals surface area contributed by atoms with Gasteiger partial charge in [0.2, 0.25) is 0 Å². The third-order valence-corrected chi connectivity index (χ3v) is 3.16. The number of ether oxygens (including phenoxy) is 2. The molecule has 1 unspecified atom stereocenters. The van der Waals surface area contributed by atoms with Crippen molar-refractivity contribution < 1.29 is 14.3 Å². The van der Waals surface area contributed by atoms with Gasteiger partial charge in [0.1, 0.15) is 5.75 Å². The summed E-state index contributed by atoms with van der Waals surface area (Å²) in [5.74, 6) is 0.363. The van der Waals surface area contributed by atoms with Crippen molar-refractivity contribution in [3.05, 3.63) is 54.6 Å². The molecule has 2 aromatic carbocycles. The van der Waals surface area contributed by atoms with Crippen LogP contribution in [0.1, 0.15) is 20.3 Å². The Hall–Kier alpha value is -2.29. The molecule has 0 amide bonds. The summed E-state index contributed by atoms with van der Waals surface area (Å²) in [6.45, 7) is 4.06. The number of rotatable bonds is 6. The molecule has 2 aromatic rings. The zero-order valence-electron chi connectivity index (χ0n) is 12.4. The van der Waals surface area contributed by atoms with E-state index >= 15 is 0 Å². The lowest BCUT2D eigenvalue weighted by molar-refractivity contribution is -0.151. The predicted octanol–water partition coefficient (Wildman–Crippen LogP) is 4.07. The normalized spacial score (nSPS) is 11.7. The van der Waals surface area contributed by atoms with Gasteiger partial charge >= 0.3 is 5.97 Å². The van der Waals surface area contributed by atoms with Gasteiger partial charge in [-0.15, -0.1) is 0 Å². The fourth-order valence-corrected chi connectivity index (χ4v) is 2.05. The largest absolute Gasteiger partial charge is 0.479 e. The SMILES string of the molecule is CCOC(=O)C(CC)Oc1ccc(-c2ccccc2)cc1. The highest BCUT2D eigenvalue weighted by Gasteiger charge is 2.19. The number of benzene rings is 2. The molecule has 0 saturated heterocycles. The molecule has 0 saturated carbocycles. The molecule has 0 aliphatic carbocycles. The molecule has 0 aromatic heterocycles. The second kappa shape index (κ2) is 7.48. The van der Waals surface area contributed by atoms with Gasteiger partial charge in [-0.1, -0.05) is 49.4 Å². The van der Waals surface area contributed by atoms with E-state index in [1.165, 1.54) is 0 Å². The van der Waals surface area contributed by atoms with Gasteiger partial charge in [-0.3, -0.25) is 0 Å². The highest BCUT2D eigenvalue weighted by atomic mass is 16.6. The molecule has 110 valence electrons. The number of carbonyl (C=O) groups excluding carboxylic acids is 1. The predicted molar refractivity (Wildman–Crippen MR) is 83.2 cm³/mol. The molecule has 0 N–H and O–H groups in total. The maximum absolute atomic E-state index is 11.7. The van der Waals surface area contributed by atoms with Gasteiger partial charge in [-0.2, -0.15) is 0 Å². The number of carbonyl (C=O) groups is 1. The minimum Gasteiger partial charge on any atom is -0.479 e. The topological polar surface area (TPSA) is 35.5 Å². The van der Waals surface area contributed by atoms with Crippen molar-refractivity contribution in [2.45, 2.75) is 26.4 Å². The summed E-state index contributed by atoms with van der Waals surface area (Å²) in [5, 5.41) is 0. The molecule has 2 rings (SSSR count). The Balaban J connectivity index is 2.07. The average Bonchev–Trinajstić information content (AvgIpc) is 2.54. The minimum atomic E-state index is -0.549. The Morgan fingerprint density at radius 3 is 2.14 bits per heavy atom. The molecule has 0 heterocycles. The fourth-order valence-electron chi connectivity index (χ4n) is 2.05. The van der Waals surface area contributed by atoms with Gasteiger partial charge in [0.05, 0.1) is 6.61 Å². The van der Waals surface area contributed by atoms with E-state index in [2.05, 4.69) is 12.1 Å². The van der Waals surface area contributed by atoms with Crippen molar-refractivity contribution in [2.75, 3.05) is 6.61 Å². The van der Waals surface area contributed by atoms with E-state index in [1.54, 1.807) is 6.92 Å². The van der Waals surface area contributed by atoms with Crippen LogP contribution < -0.4 is 4.74 Å². The minimum absolute atomic E-state index is 0.313. The molecule has 0 radical (unpaired) electrons. The molecule has 21 heavy (non-hydrogen) atoms. The lowest BCUT2D eigenvalue weighted by Gasteiger charge is -2.16. The standard InChI is InChI=1S/C18H20O3/c1-3-17(18(19)20-4-2)21-16-12-10-15(11-13-16)14-8-6-5-7-9-14/h5-13,17H,3-4H2,1-2H3. The van der Waals surface area contributed by atoms with Gasteiger partial charge in [-0.25, -0.2) is 4.79 Å². The summed E-state index contributed by atoms with van der Waals surface area (Å²) in [6.07, 6.45) is 0.0340. The van der Waals surface area contributed by atoms with E-state index in [-0.39, 0.29) is 5.97 Å². The Bertz CT molecular complexity index is 561. The fraction of sp³-hybridized carbons (Fsp3) is 0.278. The van der Waals surface area contributed by atoms with Crippen LogP contribution in [0.3, 0.4) is 0 Å². The van der Waals surface area contributed by atoms with Crippen LogP contribution in [-0.2, 0) is 9.53 Å². The zero-order chi connectivity index (χ0) is 15.1. The van der Waals surface area contributed by atoms with Gasteiger partial charge in [0.15, 0.2) is 6.10 Å². The highest BCUT2D eigenvalue weighted by Crippen LogP contribution is 2.23. The maximum atomic E-state index is 11.7. The van der Waals surface area contributed by atoms with Crippen molar-refractivity contribution in [1.29, 1.82) is 0 Å². The third kappa shape index (κ3) is 4.09. The Labute approximate surface area is 125 Å². The molecule has 0 aliphatic rings. The van der Waals surface area contributed by atoms with Crippen LogP contribution in [0.15, 0.2) is 54.6 Å². The molecule has 0 aliphatic heterocycles. The van der Waals surface area contributed by atoms with E-state index < -0.39 is 6.10 Å². The van der Waals surface area contributed by atoms with Crippen LogP contribution in [0.2, 0.25) is 0 Å². The second-order valence-electron chi connectivity index (χ2n) is 4.66. The second-order valence-corrected chi connectivity index (χ2v) is 4.66. The maximum Gasteiger partial charge on any atom is 0.347 e. The molecule has 3 heteroatoms. The van der Waals surface area contributed by atoms with E-state index in [4.69, 9.17) is 9.47 Å². The average molecular weight is 284 g/mol. The quantitative estimate of drug-likeness (QED) is 0.750. The summed E-state index contributed by atoms with van der Waals surface area (Å²) >= 11 is 0. The van der Waals surface area contributed by atoms with E-state index in [0.29, 0.717) is 18.8 Å². The van der Waals surface area contributed by atoms with Crippen LogP contribution in [-0.4, -0.2) is 18.7 Å². The Kier molecular flexibility index (Phi) is 5.38. The van der Waals surface area contributed by atoms with Crippen molar-refractivity contribution in [1.82, 2.24) is 0 Å². The summed E-state index contributed by atoms with van der Waals surface area (Å²) in [7, 11) is 0. The van der Waals surface area contributed by atoms with Crippen molar-refractivity contribution in [3.63, 3.8) is 0 Å². The number of hydrogen-bond acceptors (Lipinski definition) is 3. The van der Waals surface area contributed by atoms with Crippen LogP contribution in [0, 0.1) is 0 Å². The summed E-state index contributed by atoms with van der Waals surface area (Å²) in [6, 6.07) is 17.9. The van der Waals surface area contributed by atoms with Crippen LogP contribution in [0.5, 0.6) is 5.75 Å². The first kappa shape index (κ1) is 15.1. The molecule has 1 atom stereocenters. The molecular formula is C18H20O3. The van der Waals surface area contributed by atoms with Crippen molar-refractivity contribution in [3.8, 4) is 16.9 Å². The lowest BCUT2D eigenvalue weighted by atomic mass is 10.1. The number of esters is 1. The van der Waals surface area contributed by atoms with Crippen molar-refractivity contribution in [2.24, 2.45) is 0 Å². The van der Waals surface area contributed by atoms with Gasteiger partial charge < -0.3 is 9.47 Å². The zero-order valence-corrected chi connectivity index (χ0v) is 12.4. The lowest BCUT2D eigenvalue weighted by Crippen LogP contribution is -2.28. The monoisotopic (exact) mass is 284 g/mol. The van der Waals surface area contributed by atoms with E-state index in [1.807, 2.05) is 49.4 Å². The molecule has 0 fully saturated rings. The first-order valence-corrected chi connectivity index (χ1v) is 7.23. The van der Waals surface area contributed by atoms with Gasteiger partial charge in [-0.05, 0) is 36.6 Å². The van der Waals surface area contributed by atoms with Crippen LogP contribution in [0.25, 0.3) is 11.1 Å². The van der Waals surface area contributed by atoms with E-state index in [0.717, 1.165) is 11.1 Å². The summed E-state index contributed by atoms with van der Waals surface area (Å²) in [5.41, 5.74) is 2.27. The van der Waals surface area contributed by atoms with Gasteiger partial charge in [0.25, 0.3) is 0 Å². The van der Waals surface area contributed by atoms with Gasteiger partial charge in [0, 0.05) is 0 Å². The Morgan fingerprint density at radius 2 is 1.57 bits per heavy atom. The smallest absolute Gasteiger partial charge is 0.347 e. The summed E-state index contributed by atoms with van der Waals surface area (Å²) in [4.78, 5) is 11.7. The highest BCUT2D eigenvalue weighted by molar-refractivity contribution is 5.75. The molecule has 0 spiro atoms. The van der Waals surface area contributed by atoms with Crippen LogP contribution >= 0.6 is 0 Å². The molecular weight excluding hydrogens is 264 g/mol. The van der Waals surface area contributed by atoms with Crippen molar-refractivity contribution >= 4 is 5.97 Å².